The molecule has 25 heavy (non-hydrogen) atoms. The third-order valence-electron chi connectivity index (χ3n) is 3.96. The predicted octanol–water partition coefficient (Wildman–Crippen LogP) is 4.52. The average Bonchev–Trinajstić information content (AvgIpc) is 2.63. The highest BCUT2D eigenvalue weighted by atomic mass is 127. The minimum Gasteiger partial charge on any atom is -0.351 e. The highest BCUT2D eigenvalue weighted by Crippen LogP contribution is 2.23. The van der Waals surface area contributed by atoms with Crippen molar-refractivity contribution in [3.63, 3.8) is 0 Å². The van der Waals surface area contributed by atoms with Crippen LogP contribution in [0.1, 0.15) is 28.2 Å². The van der Waals surface area contributed by atoms with Crippen LogP contribution in [0.15, 0.2) is 54.6 Å². The van der Waals surface area contributed by atoms with Gasteiger partial charge in [-0.15, -0.1) is 0 Å². The maximum atomic E-state index is 12.3. The van der Waals surface area contributed by atoms with Crippen LogP contribution in [-0.4, -0.2) is 24.1 Å². The molecule has 0 aliphatic rings. The molecule has 1 amide bonds. The lowest BCUT2D eigenvalue weighted by Gasteiger charge is -2.11. The van der Waals surface area contributed by atoms with E-state index in [1.165, 1.54) is 9.13 Å². The molecule has 3 aromatic rings. The van der Waals surface area contributed by atoms with Crippen LogP contribution < -0.4 is 5.32 Å². The van der Waals surface area contributed by atoms with Crippen LogP contribution in [0, 0.1) is 3.57 Å². The van der Waals surface area contributed by atoms with Gasteiger partial charge in [-0.25, -0.2) is 4.98 Å². The quantitative estimate of drug-likeness (QED) is 0.445. The Labute approximate surface area is 159 Å². The molecule has 128 valence electrons. The number of hydrogen-bond donors (Lipinski definition) is 1. The second-order valence-electron chi connectivity index (χ2n) is 5.74. The number of halogens is 2. The standard InChI is InChI=1S/C20H18FIN2O/c21-10-5-11-23-20(25)19-12-14-6-1-3-8-16(14)18(24-19)13-15-7-2-4-9-17(15)22/h1-4,6-9,12H,5,10-11,13H2,(H,23,25). The molecule has 3 rings (SSSR count). The van der Waals surface area contributed by atoms with Crippen molar-refractivity contribution >= 4 is 39.3 Å². The molecule has 1 N–H and O–H groups in total. The SMILES string of the molecule is O=C(NCCCF)c1cc2ccccc2c(Cc2ccccc2I)n1. The summed E-state index contributed by atoms with van der Waals surface area (Å²) in [5.41, 5.74) is 2.42. The Morgan fingerprint density at radius 2 is 1.88 bits per heavy atom. The number of carbonyl (C=O) groups is 1. The number of nitrogens with one attached hydrogen (secondary N) is 1. The van der Waals surface area contributed by atoms with Crippen molar-refractivity contribution in [1.82, 2.24) is 10.3 Å². The van der Waals surface area contributed by atoms with E-state index in [9.17, 15) is 9.18 Å². The van der Waals surface area contributed by atoms with Crippen molar-refractivity contribution in [3.8, 4) is 0 Å². The fraction of sp³-hybridized carbons (Fsp3) is 0.200. The van der Waals surface area contributed by atoms with E-state index in [0.717, 1.165) is 16.5 Å². The van der Waals surface area contributed by atoms with E-state index < -0.39 is 6.67 Å². The van der Waals surface area contributed by atoms with Gasteiger partial charge < -0.3 is 5.32 Å². The number of rotatable bonds is 6. The van der Waals surface area contributed by atoms with E-state index in [-0.39, 0.29) is 5.91 Å². The number of alkyl halides is 1. The van der Waals surface area contributed by atoms with Crippen molar-refractivity contribution in [3.05, 3.63) is 75.1 Å². The van der Waals surface area contributed by atoms with Crippen LogP contribution >= 0.6 is 22.6 Å². The summed E-state index contributed by atoms with van der Waals surface area (Å²) in [7, 11) is 0. The number of fused-ring (bicyclic) bond motifs is 1. The van der Waals surface area contributed by atoms with Gasteiger partial charge in [-0.2, -0.15) is 0 Å². The van der Waals surface area contributed by atoms with Gasteiger partial charge in [-0.1, -0.05) is 42.5 Å². The molecule has 1 heterocycles. The summed E-state index contributed by atoms with van der Waals surface area (Å²) in [5, 5.41) is 4.75. The third-order valence-corrected chi connectivity index (χ3v) is 5.02. The fourth-order valence-electron chi connectivity index (χ4n) is 2.70. The van der Waals surface area contributed by atoms with Gasteiger partial charge in [0.25, 0.3) is 5.91 Å². The van der Waals surface area contributed by atoms with E-state index in [1.807, 2.05) is 36.4 Å². The van der Waals surface area contributed by atoms with Crippen LogP contribution in [0.3, 0.4) is 0 Å². The van der Waals surface area contributed by atoms with Gasteiger partial charge in [0, 0.05) is 21.9 Å². The zero-order valence-corrected chi connectivity index (χ0v) is 15.8. The summed E-state index contributed by atoms with van der Waals surface area (Å²) in [5.74, 6) is -0.261. The number of carbonyl (C=O) groups excluding carboxylic acids is 1. The molecule has 0 radical (unpaired) electrons. The van der Waals surface area contributed by atoms with Gasteiger partial charge in [0.05, 0.1) is 12.4 Å². The van der Waals surface area contributed by atoms with Gasteiger partial charge in [-0.3, -0.25) is 9.18 Å². The zero-order chi connectivity index (χ0) is 17.6. The van der Waals surface area contributed by atoms with Crippen molar-refractivity contribution in [2.45, 2.75) is 12.8 Å². The molecule has 3 nitrogen and oxygen atoms in total. The van der Waals surface area contributed by atoms with Crippen molar-refractivity contribution in [2.75, 3.05) is 13.2 Å². The molecule has 0 saturated heterocycles. The Morgan fingerprint density at radius 3 is 2.68 bits per heavy atom. The number of hydrogen-bond acceptors (Lipinski definition) is 2. The lowest BCUT2D eigenvalue weighted by molar-refractivity contribution is 0.0947. The van der Waals surface area contributed by atoms with Crippen LogP contribution in [0.4, 0.5) is 4.39 Å². The molecule has 0 atom stereocenters. The fourth-order valence-corrected chi connectivity index (χ4v) is 3.28. The summed E-state index contributed by atoms with van der Waals surface area (Å²) in [6, 6.07) is 17.9. The lowest BCUT2D eigenvalue weighted by atomic mass is 10.0. The van der Waals surface area contributed by atoms with Gasteiger partial charge in [0.1, 0.15) is 5.69 Å². The van der Waals surface area contributed by atoms with Crippen LogP contribution in [0.5, 0.6) is 0 Å². The molecule has 2 aromatic carbocycles. The van der Waals surface area contributed by atoms with Crippen molar-refractivity contribution in [1.29, 1.82) is 0 Å². The largest absolute Gasteiger partial charge is 0.351 e. The Hall–Kier alpha value is -2.02. The average molecular weight is 448 g/mol. The second-order valence-corrected chi connectivity index (χ2v) is 6.90. The first kappa shape index (κ1) is 17.8. The summed E-state index contributed by atoms with van der Waals surface area (Å²) < 4.78 is 13.4. The first-order valence-corrected chi connectivity index (χ1v) is 9.23. The molecule has 0 aliphatic carbocycles. The third kappa shape index (κ3) is 4.34. The summed E-state index contributed by atoms with van der Waals surface area (Å²) in [6.45, 7) is -0.126. The molecule has 0 fully saturated rings. The zero-order valence-electron chi connectivity index (χ0n) is 13.6. The Balaban J connectivity index is 1.98. The predicted molar refractivity (Wildman–Crippen MR) is 107 cm³/mol. The molecule has 5 heteroatoms. The van der Waals surface area contributed by atoms with Gasteiger partial charge in [0.2, 0.25) is 0 Å². The smallest absolute Gasteiger partial charge is 0.269 e. The molecule has 0 unspecified atom stereocenters. The summed E-state index contributed by atoms with van der Waals surface area (Å²) in [4.78, 5) is 16.9. The monoisotopic (exact) mass is 448 g/mol. The maximum Gasteiger partial charge on any atom is 0.269 e. The molecule has 0 bridgehead atoms. The normalized spacial score (nSPS) is 10.8. The van der Waals surface area contributed by atoms with Gasteiger partial charge in [-0.05, 0) is 52.1 Å². The highest BCUT2D eigenvalue weighted by Gasteiger charge is 2.13. The first-order chi connectivity index (χ1) is 12.2. The minimum atomic E-state index is -0.441. The Morgan fingerprint density at radius 1 is 1.12 bits per heavy atom. The lowest BCUT2D eigenvalue weighted by Crippen LogP contribution is -2.26. The highest BCUT2D eigenvalue weighted by molar-refractivity contribution is 14.1. The molecular formula is C20H18FIN2O. The van der Waals surface area contributed by atoms with Crippen LogP contribution in [0.2, 0.25) is 0 Å². The Kier molecular flexibility index (Phi) is 5.96. The molecule has 0 spiro atoms. The number of nitrogens with zero attached hydrogens (tertiary/aromatic N) is 1. The van der Waals surface area contributed by atoms with E-state index >= 15 is 0 Å². The molecular weight excluding hydrogens is 430 g/mol. The Bertz CT molecular complexity index is 898. The van der Waals surface area contributed by atoms with Crippen LogP contribution in [0.25, 0.3) is 10.8 Å². The van der Waals surface area contributed by atoms with E-state index in [4.69, 9.17) is 0 Å². The summed E-state index contributed by atoms with van der Waals surface area (Å²) >= 11 is 2.31. The van der Waals surface area contributed by atoms with Crippen molar-refractivity contribution < 1.29 is 9.18 Å². The number of amides is 1. The van der Waals surface area contributed by atoms with E-state index in [2.05, 4.69) is 45.0 Å². The van der Waals surface area contributed by atoms with E-state index in [1.54, 1.807) is 6.07 Å². The first-order valence-electron chi connectivity index (χ1n) is 8.15. The topological polar surface area (TPSA) is 42.0 Å². The van der Waals surface area contributed by atoms with Gasteiger partial charge >= 0.3 is 0 Å². The number of benzene rings is 2. The second kappa shape index (κ2) is 8.38. The number of aromatic nitrogens is 1. The number of pyridine rings is 1. The molecule has 0 aliphatic heterocycles. The summed E-state index contributed by atoms with van der Waals surface area (Å²) in [6.07, 6.45) is 0.972. The van der Waals surface area contributed by atoms with E-state index in [0.29, 0.717) is 25.1 Å². The van der Waals surface area contributed by atoms with Crippen molar-refractivity contribution in [2.24, 2.45) is 0 Å². The van der Waals surface area contributed by atoms with Gasteiger partial charge in [0.15, 0.2) is 0 Å². The minimum absolute atomic E-state index is 0.261. The molecule has 1 aromatic heterocycles. The molecule has 0 saturated carbocycles. The van der Waals surface area contributed by atoms with Crippen LogP contribution in [-0.2, 0) is 6.42 Å². The maximum absolute atomic E-state index is 12.3.